The van der Waals surface area contributed by atoms with Crippen LogP contribution in [0.15, 0.2) is 84.0 Å². The van der Waals surface area contributed by atoms with Gasteiger partial charge in [0, 0.05) is 30.3 Å². The molecule has 1 aliphatic rings. The van der Waals surface area contributed by atoms with Crippen LogP contribution in [0.4, 0.5) is 11.4 Å². The average molecular weight is 460 g/mol. The molecule has 174 valence electrons. The van der Waals surface area contributed by atoms with Crippen LogP contribution in [-0.2, 0) is 14.3 Å². The molecule has 1 unspecified atom stereocenters. The number of hydrogen-bond donors (Lipinski definition) is 1. The Balaban J connectivity index is 1.43. The number of anilines is 2. The van der Waals surface area contributed by atoms with Gasteiger partial charge in [0.05, 0.1) is 25.9 Å². The second-order valence-electron chi connectivity index (χ2n) is 7.58. The highest BCUT2D eigenvalue weighted by molar-refractivity contribution is 6.37. The lowest BCUT2D eigenvalue weighted by Crippen LogP contribution is -2.24. The standard InChI is InChI=1S/C26H25N3O5/c1-32-21-13-19(14-22(15-21)33-2)27-25(30)17-34-26(31)23-16-24(18-9-5-3-6-10-18)29(28-23)20-11-7-4-8-12-20/h3-15,24H,16-17H2,1-2H3,(H,27,30). The highest BCUT2D eigenvalue weighted by Crippen LogP contribution is 2.35. The van der Waals surface area contributed by atoms with Crippen LogP contribution >= 0.6 is 0 Å². The van der Waals surface area contributed by atoms with Crippen molar-refractivity contribution in [2.75, 3.05) is 31.2 Å². The zero-order chi connectivity index (χ0) is 23.9. The average Bonchev–Trinajstić information content (AvgIpc) is 3.34. The summed E-state index contributed by atoms with van der Waals surface area (Å²) in [6, 6.07) is 24.3. The van der Waals surface area contributed by atoms with Crippen molar-refractivity contribution in [3.8, 4) is 11.5 Å². The zero-order valence-corrected chi connectivity index (χ0v) is 18.9. The van der Waals surface area contributed by atoms with E-state index in [1.165, 1.54) is 14.2 Å². The fourth-order valence-corrected chi connectivity index (χ4v) is 3.68. The number of para-hydroxylation sites is 1. The fourth-order valence-electron chi connectivity index (χ4n) is 3.68. The lowest BCUT2D eigenvalue weighted by atomic mass is 10.0. The second kappa shape index (κ2) is 10.5. The first-order valence-electron chi connectivity index (χ1n) is 10.7. The number of benzene rings is 3. The van der Waals surface area contributed by atoms with Crippen molar-refractivity contribution < 1.29 is 23.8 Å². The lowest BCUT2D eigenvalue weighted by molar-refractivity contribution is -0.140. The topological polar surface area (TPSA) is 89.5 Å². The minimum Gasteiger partial charge on any atom is -0.497 e. The highest BCUT2D eigenvalue weighted by Gasteiger charge is 2.33. The Bertz CT molecular complexity index is 1160. The molecule has 0 spiro atoms. The molecule has 0 aromatic heterocycles. The van der Waals surface area contributed by atoms with E-state index >= 15 is 0 Å². The SMILES string of the molecule is COc1cc(NC(=O)COC(=O)C2=NN(c3ccccc3)C(c3ccccc3)C2)cc(OC)c1. The van der Waals surface area contributed by atoms with Crippen molar-refractivity contribution in [1.29, 1.82) is 0 Å². The Morgan fingerprint density at radius 2 is 1.56 bits per heavy atom. The Labute approximate surface area is 197 Å². The van der Waals surface area contributed by atoms with Crippen LogP contribution in [0.25, 0.3) is 0 Å². The van der Waals surface area contributed by atoms with Crippen LogP contribution < -0.4 is 19.8 Å². The molecule has 3 aromatic carbocycles. The maximum atomic E-state index is 12.8. The van der Waals surface area contributed by atoms with E-state index in [9.17, 15) is 9.59 Å². The molecule has 1 atom stereocenters. The van der Waals surface area contributed by atoms with E-state index in [-0.39, 0.29) is 11.8 Å². The van der Waals surface area contributed by atoms with Crippen LogP contribution in [-0.4, -0.2) is 38.4 Å². The van der Waals surface area contributed by atoms with Gasteiger partial charge in [-0.2, -0.15) is 5.10 Å². The van der Waals surface area contributed by atoms with E-state index < -0.39 is 18.5 Å². The Morgan fingerprint density at radius 3 is 2.18 bits per heavy atom. The normalized spacial score (nSPS) is 14.8. The van der Waals surface area contributed by atoms with Crippen molar-refractivity contribution in [3.05, 3.63) is 84.4 Å². The molecule has 1 aliphatic heterocycles. The number of hydrazone groups is 1. The number of nitrogens with one attached hydrogen (secondary N) is 1. The van der Waals surface area contributed by atoms with Gasteiger partial charge in [0.1, 0.15) is 17.2 Å². The first-order chi connectivity index (χ1) is 16.6. The number of methoxy groups -OCH3 is 2. The van der Waals surface area contributed by atoms with Gasteiger partial charge in [-0.05, 0) is 17.7 Å². The molecule has 0 bridgehead atoms. The van der Waals surface area contributed by atoms with Crippen molar-refractivity contribution in [1.82, 2.24) is 0 Å². The van der Waals surface area contributed by atoms with E-state index in [0.717, 1.165) is 11.3 Å². The first kappa shape index (κ1) is 22.8. The quantitative estimate of drug-likeness (QED) is 0.508. The first-order valence-corrected chi connectivity index (χ1v) is 10.7. The molecule has 0 aliphatic carbocycles. The van der Waals surface area contributed by atoms with Crippen molar-refractivity contribution in [2.24, 2.45) is 5.10 Å². The summed E-state index contributed by atoms with van der Waals surface area (Å²) in [5, 5.41) is 9.03. The third-order valence-electron chi connectivity index (χ3n) is 5.32. The van der Waals surface area contributed by atoms with Crippen molar-refractivity contribution in [3.63, 3.8) is 0 Å². The smallest absolute Gasteiger partial charge is 0.355 e. The van der Waals surface area contributed by atoms with Gasteiger partial charge in [0.25, 0.3) is 5.91 Å². The number of hydrogen-bond acceptors (Lipinski definition) is 7. The third-order valence-corrected chi connectivity index (χ3v) is 5.32. The molecule has 0 saturated heterocycles. The number of rotatable bonds is 8. The molecule has 4 rings (SSSR count). The van der Waals surface area contributed by atoms with E-state index in [2.05, 4.69) is 10.4 Å². The predicted molar refractivity (Wildman–Crippen MR) is 129 cm³/mol. The summed E-state index contributed by atoms with van der Waals surface area (Å²) in [7, 11) is 3.04. The third kappa shape index (κ3) is 5.35. The number of carbonyl (C=O) groups excluding carboxylic acids is 2. The number of esters is 1. The number of ether oxygens (including phenoxy) is 3. The zero-order valence-electron chi connectivity index (χ0n) is 18.9. The molecule has 1 amide bonds. The molecule has 0 fully saturated rings. The maximum Gasteiger partial charge on any atom is 0.355 e. The summed E-state index contributed by atoms with van der Waals surface area (Å²) < 4.78 is 15.7. The van der Waals surface area contributed by atoms with E-state index in [0.29, 0.717) is 23.6 Å². The summed E-state index contributed by atoms with van der Waals surface area (Å²) in [5.41, 5.74) is 2.62. The molecule has 34 heavy (non-hydrogen) atoms. The highest BCUT2D eigenvalue weighted by atomic mass is 16.5. The maximum absolute atomic E-state index is 12.8. The molecule has 0 radical (unpaired) electrons. The van der Waals surface area contributed by atoms with Gasteiger partial charge in [-0.15, -0.1) is 0 Å². The number of amides is 1. The van der Waals surface area contributed by atoms with Crippen LogP contribution in [0, 0.1) is 0 Å². The van der Waals surface area contributed by atoms with Crippen LogP contribution in [0.3, 0.4) is 0 Å². The van der Waals surface area contributed by atoms with Gasteiger partial charge < -0.3 is 19.5 Å². The summed E-state index contributed by atoms with van der Waals surface area (Å²) in [6.07, 6.45) is 0.368. The Morgan fingerprint density at radius 1 is 0.941 bits per heavy atom. The van der Waals surface area contributed by atoms with E-state index in [1.807, 2.05) is 65.7 Å². The fraction of sp³-hybridized carbons (Fsp3) is 0.192. The molecule has 3 aromatic rings. The van der Waals surface area contributed by atoms with Gasteiger partial charge in [0.2, 0.25) is 0 Å². The van der Waals surface area contributed by atoms with E-state index in [4.69, 9.17) is 14.2 Å². The number of nitrogens with zero attached hydrogens (tertiary/aromatic N) is 2. The second-order valence-corrected chi connectivity index (χ2v) is 7.58. The largest absolute Gasteiger partial charge is 0.497 e. The lowest BCUT2D eigenvalue weighted by Gasteiger charge is -2.23. The van der Waals surface area contributed by atoms with Gasteiger partial charge in [-0.25, -0.2) is 4.79 Å². The minimum absolute atomic E-state index is 0.149. The monoisotopic (exact) mass is 459 g/mol. The molecule has 0 saturated carbocycles. The van der Waals surface area contributed by atoms with Gasteiger partial charge in [-0.1, -0.05) is 48.5 Å². The minimum atomic E-state index is -0.627. The predicted octanol–water partition coefficient (Wildman–Crippen LogP) is 4.19. The van der Waals surface area contributed by atoms with E-state index in [1.54, 1.807) is 18.2 Å². The molecule has 8 heteroatoms. The van der Waals surface area contributed by atoms with Crippen LogP contribution in [0.2, 0.25) is 0 Å². The summed E-state index contributed by atoms with van der Waals surface area (Å²) in [6.45, 7) is -0.446. The molecular weight excluding hydrogens is 434 g/mol. The molecular formula is C26H25N3O5. The van der Waals surface area contributed by atoms with Crippen LogP contribution in [0.1, 0.15) is 18.0 Å². The summed E-state index contributed by atoms with van der Waals surface area (Å²) in [5.74, 6) is -0.0562. The molecule has 1 heterocycles. The summed E-state index contributed by atoms with van der Waals surface area (Å²) in [4.78, 5) is 25.1. The van der Waals surface area contributed by atoms with Gasteiger partial charge in [0.15, 0.2) is 6.61 Å². The van der Waals surface area contributed by atoms with Crippen LogP contribution in [0.5, 0.6) is 11.5 Å². The Hall–Kier alpha value is -4.33. The van der Waals surface area contributed by atoms with Crippen molar-refractivity contribution >= 4 is 29.0 Å². The molecule has 1 N–H and O–H groups in total. The van der Waals surface area contributed by atoms with Gasteiger partial charge >= 0.3 is 5.97 Å². The van der Waals surface area contributed by atoms with Crippen molar-refractivity contribution in [2.45, 2.75) is 12.5 Å². The number of carbonyl (C=O) groups is 2. The summed E-state index contributed by atoms with van der Waals surface area (Å²) >= 11 is 0. The van der Waals surface area contributed by atoms with Gasteiger partial charge in [-0.3, -0.25) is 9.80 Å². The Kier molecular flexibility index (Phi) is 7.07. The molecule has 8 nitrogen and oxygen atoms in total.